The van der Waals surface area contributed by atoms with Gasteiger partial charge in [-0.05, 0) is 41.8 Å². The van der Waals surface area contributed by atoms with Crippen molar-refractivity contribution < 1.29 is 0 Å². The number of rotatable bonds is 1. The van der Waals surface area contributed by atoms with Crippen LogP contribution in [0.4, 0.5) is 0 Å². The number of fused-ring (bicyclic) bond motifs is 1. The number of benzene rings is 2. The van der Waals surface area contributed by atoms with E-state index in [1.54, 1.807) is 0 Å². The predicted octanol–water partition coefficient (Wildman–Crippen LogP) is 4.80. The van der Waals surface area contributed by atoms with Gasteiger partial charge in [-0.25, -0.2) is 0 Å². The van der Waals surface area contributed by atoms with Crippen molar-refractivity contribution in [3.63, 3.8) is 0 Å². The van der Waals surface area contributed by atoms with Crippen LogP contribution >= 0.6 is 11.6 Å². The second-order valence-corrected chi connectivity index (χ2v) is 4.68. The second-order valence-electron chi connectivity index (χ2n) is 4.24. The molecule has 0 fully saturated rings. The van der Waals surface area contributed by atoms with Gasteiger partial charge in [0.15, 0.2) is 0 Å². The molecule has 0 radical (unpaired) electrons. The minimum absolute atomic E-state index is 0.769. The van der Waals surface area contributed by atoms with Crippen molar-refractivity contribution in [1.29, 1.82) is 0 Å². The summed E-state index contributed by atoms with van der Waals surface area (Å²) in [5.74, 6) is 0. The van der Waals surface area contributed by atoms with Gasteiger partial charge in [-0.15, -0.1) is 0 Å². The van der Waals surface area contributed by atoms with Gasteiger partial charge in [0.2, 0.25) is 0 Å². The maximum Gasteiger partial charge on any atom is 0.0462 e. The van der Waals surface area contributed by atoms with Gasteiger partial charge in [-0.3, -0.25) is 0 Å². The Bertz CT molecular complexity index is 665. The van der Waals surface area contributed by atoms with Crippen LogP contribution in [0, 0.1) is 6.92 Å². The normalized spacial score (nSPS) is 10.9. The molecule has 1 N–H and O–H groups in total. The molecular weight excluding hydrogens is 230 g/mol. The first-order valence-corrected chi connectivity index (χ1v) is 5.95. The average molecular weight is 242 g/mol. The number of H-pyrrole nitrogens is 1. The summed E-state index contributed by atoms with van der Waals surface area (Å²) < 4.78 is 0. The van der Waals surface area contributed by atoms with E-state index in [2.05, 4.69) is 30.1 Å². The van der Waals surface area contributed by atoms with Crippen molar-refractivity contribution in [3.8, 4) is 11.1 Å². The molecule has 2 aromatic carbocycles. The summed E-state index contributed by atoms with van der Waals surface area (Å²) >= 11 is 5.89. The molecule has 1 aromatic heterocycles. The predicted molar refractivity (Wildman–Crippen MR) is 73.5 cm³/mol. The monoisotopic (exact) mass is 241 g/mol. The highest BCUT2D eigenvalue weighted by Gasteiger charge is 2.02. The quantitative estimate of drug-likeness (QED) is 0.630. The highest BCUT2D eigenvalue weighted by atomic mass is 35.5. The Kier molecular flexibility index (Phi) is 2.41. The van der Waals surface area contributed by atoms with Crippen LogP contribution in [0.5, 0.6) is 0 Å². The molecule has 17 heavy (non-hydrogen) atoms. The number of aromatic amines is 1. The molecule has 2 heteroatoms. The SMILES string of the molecule is Cc1c[nH]c2cc(-c3ccc(Cl)cc3)ccc12. The lowest BCUT2D eigenvalue weighted by Gasteiger charge is -2.02. The molecular formula is C15H12ClN. The summed E-state index contributed by atoms with van der Waals surface area (Å²) in [6.45, 7) is 2.11. The molecule has 0 unspecified atom stereocenters. The first-order valence-electron chi connectivity index (χ1n) is 5.58. The first-order chi connectivity index (χ1) is 8.24. The van der Waals surface area contributed by atoms with Crippen LogP contribution in [0.3, 0.4) is 0 Å². The molecule has 3 aromatic rings. The number of aryl methyl sites for hydroxylation is 1. The largest absolute Gasteiger partial charge is 0.361 e. The van der Waals surface area contributed by atoms with Gasteiger partial charge in [-0.2, -0.15) is 0 Å². The maximum atomic E-state index is 5.89. The Morgan fingerprint density at radius 1 is 0.941 bits per heavy atom. The third-order valence-electron chi connectivity index (χ3n) is 3.07. The van der Waals surface area contributed by atoms with Crippen molar-refractivity contribution >= 4 is 22.5 Å². The minimum Gasteiger partial charge on any atom is -0.361 e. The molecule has 0 amide bonds. The van der Waals surface area contributed by atoms with E-state index < -0.39 is 0 Å². The van der Waals surface area contributed by atoms with Crippen LogP contribution in [0.2, 0.25) is 5.02 Å². The van der Waals surface area contributed by atoms with Crippen molar-refractivity contribution in [1.82, 2.24) is 4.98 Å². The standard InChI is InChI=1S/C15H12ClN/c1-10-9-17-15-8-12(4-7-14(10)15)11-2-5-13(16)6-3-11/h2-9,17H,1H3. The minimum atomic E-state index is 0.769. The third kappa shape index (κ3) is 1.83. The molecule has 0 saturated heterocycles. The lowest BCUT2D eigenvalue weighted by molar-refractivity contribution is 1.43. The van der Waals surface area contributed by atoms with Gasteiger partial charge in [-0.1, -0.05) is 35.9 Å². The first kappa shape index (κ1) is 10.4. The van der Waals surface area contributed by atoms with E-state index in [4.69, 9.17) is 11.6 Å². The van der Waals surface area contributed by atoms with E-state index >= 15 is 0 Å². The summed E-state index contributed by atoms with van der Waals surface area (Å²) in [6.07, 6.45) is 2.04. The lowest BCUT2D eigenvalue weighted by atomic mass is 10.0. The van der Waals surface area contributed by atoms with Crippen molar-refractivity contribution in [2.24, 2.45) is 0 Å². The highest BCUT2D eigenvalue weighted by molar-refractivity contribution is 6.30. The van der Waals surface area contributed by atoms with E-state index in [1.165, 1.54) is 27.6 Å². The second kappa shape index (κ2) is 3.94. The van der Waals surface area contributed by atoms with Gasteiger partial charge in [0.05, 0.1) is 0 Å². The smallest absolute Gasteiger partial charge is 0.0462 e. The number of hydrogen-bond donors (Lipinski definition) is 1. The highest BCUT2D eigenvalue weighted by Crippen LogP contribution is 2.26. The Hall–Kier alpha value is -1.73. The van der Waals surface area contributed by atoms with Gasteiger partial charge in [0.1, 0.15) is 0 Å². The Morgan fingerprint density at radius 3 is 2.41 bits per heavy atom. The zero-order valence-electron chi connectivity index (χ0n) is 9.50. The number of hydrogen-bond acceptors (Lipinski definition) is 0. The molecule has 0 aliphatic rings. The van der Waals surface area contributed by atoms with Crippen LogP contribution in [0.15, 0.2) is 48.7 Å². The Labute approximate surface area is 105 Å². The Morgan fingerprint density at radius 2 is 1.65 bits per heavy atom. The molecule has 3 rings (SSSR count). The van der Waals surface area contributed by atoms with Crippen molar-refractivity contribution in [2.45, 2.75) is 6.92 Å². The van der Waals surface area contributed by atoms with Gasteiger partial charge in [0, 0.05) is 22.1 Å². The van der Waals surface area contributed by atoms with Crippen LogP contribution in [0.1, 0.15) is 5.56 Å². The molecule has 0 spiro atoms. The fraction of sp³-hybridized carbons (Fsp3) is 0.0667. The zero-order valence-corrected chi connectivity index (χ0v) is 10.3. The maximum absolute atomic E-state index is 5.89. The van der Waals surface area contributed by atoms with Gasteiger partial charge in [0.25, 0.3) is 0 Å². The van der Waals surface area contributed by atoms with E-state index in [0.717, 1.165) is 5.02 Å². The number of halogens is 1. The summed E-state index contributed by atoms with van der Waals surface area (Å²) in [6, 6.07) is 14.4. The van der Waals surface area contributed by atoms with Crippen LogP contribution < -0.4 is 0 Å². The molecule has 0 aliphatic carbocycles. The molecule has 0 aliphatic heterocycles. The fourth-order valence-corrected chi connectivity index (χ4v) is 2.22. The van der Waals surface area contributed by atoms with Crippen molar-refractivity contribution in [3.05, 3.63) is 59.2 Å². The van der Waals surface area contributed by atoms with Crippen molar-refractivity contribution in [2.75, 3.05) is 0 Å². The van der Waals surface area contributed by atoms with E-state index in [1.807, 2.05) is 30.5 Å². The molecule has 84 valence electrons. The number of aromatic nitrogens is 1. The summed E-state index contributed by atoms with van der Waals surface area (Å²) in [4.78, 5) is 3.28. The summed E-state index contributed by atoms with van der Waals surface area (Å²) in [5.41, 5.74) is 4.84. The van der Waals surface area contributed by atoms with E-state index in [0.29, 0.717) is 0 Å². The summed E-state index contributed by atoms with van der Waals surface area (Å²) in [5, 5.41) is 2.05. The topological polar surface area (TPSA) is 15.8 Å². The molecule has 1 heterocycles. The van der Waals surface area contributed by atoms with Crippen LogP contribution in [-0.2, 0) is 0 Å². The molecule has 0 atom stereocenters. The molecule has 1 nitrogen and oxygen atoms in total. The van der Waals surface area contributed by atoms with E-state index in [9.17, 15) is 0 Å². The van der Waals surface area contributed by atoms with Gasteiger partial charge >= 0.3 is 0 Å². The molecule has 0 bridgehead atoms. The summed E-state index contributed by atoms with van der Waals surface area (Å²) in [7, 11) is 0. The zero-order chi connectivity index (χ0) is 11.8. The number of nitrogens with one attached hydrogen (secondary N) is 1. The van der Waals surface area contributed by atoms with Crippen LogP contribution in [0.25, 0.3) is 22.0 Å². The molecule has 0 saturated carbocycles. The lowest BCUT2D eigenvalue weighted by Crippen LogP contribution is -1.78. The van der Waals surface area contributed by atoms with Gasteiger partial charge < -0.3 is 4.98 Å². The third-order valence-corrected chi connectivity index (χ3v) is 3.32. The fourth-order valence-electron chi connectivity index (χ4n) is 2.09. The van der Waals surface area contributed by atoms with Crippen LogP contribution in [-0.4, -0.2) is 4.98 Å². The average Bonchev–Trinajstić information content (AvgIpc) is 2.72. The van der Waals surface area contributed by atoms with E-state index in [-0.39, 0.29) is 0 Å². The Balaban J connectivity index is 2.14.